The van der Waals surface area contributed by atoms with E-state index in [1.165, 1.54) is 72.8 Å². The number of hydrogen-bond acceptors (Lipinski definition) is 10. The summed E-state index contributed by atoms with van der Waals surface area (Å²) < 4.78 is 22.8. The van der Waals surface area contributed by atoms with E-state index in [0.29, 0.717) is 24.8 Å². The summed E-state index contributed by atoms with van der Waals surface area (Å²) in [5.41, 5.74) is 0.526. The molecule has 53 heavy (non-hydrogen) atoms. The van der Waals surface area contributed by atoms with Gasteiger partial charge in [-0.15, -0.1) is 0 Å². The molecule has 0 fully saturated rings. The summed E-state index contributed by atoms with van der Waals surface area (Å²) in [6.07, 6.45) is 1.50. The zero-order chi connectivity index (χ0) is 38.2. The number of ether oxygens (including phenoxy) is 4. The second-order valence-corrected chi connectivity index (χ2v) is 12.6. The van der Waals surface area contributed by atoms with Gasteiger partial charge in [-0.2, -0.15) is 0 Å². The van der Waals surface area contributed by atoms with Gasteiger partial charge in [0.15, 0.2) is 0 Å². The molecule has 10 nitrogen and oxygen atoms in total. The van der Waals surface area contributed by atoms with Crippen LogP contribution in [-0.4, -0.2) is 34.1 Å². The summed E-state index contributed by atoms with van der Waals surface area (Å²) in [5, 5.41) is 19.1. The maximum atomic E-state index is 13.1. The summed E-state index contributed by atoms with van der Waals surface area (Å²) >= 11 is 0. The minimum atomic E-state index is -1.02. The van der Waals surface area contributed by atoms with Crippen molar-refractivity contribution in [2.75, 3.05) is 0 Å². The van der Waals surface area contributed by atoms with Crippen molar-refractivity contribution >= 4 is 23.9 Å². The molecule has 0 spiro atoms. The average molecular weight is 717 g/mol. The minimum absolute atomic E-state index is 0.0473. The molecular weight excluding hydrogens is 676 g/mol. The number of hydrogen-bond donors (Lipinski definition) is 2. The average Bonchev–Trinajstić information content (AvgIpc) is 3.18. The van der Waals surface area contributed by atoms with Gasteiger partial charge in [0.25, 0.3) is 0 Å². The highest BCUT2D eigenvalue weighted by Gasteiger charge is 2.34. The topological polar surface area (TPSA) is 146 Å². The van der Waals surface area contributed by atoms with E-state index in [0.717, 1.165) is 5.56 Å². The van der Waals surface area contributed by atoms with Crippen molar-refractivity contribution in [1.82, 2.24) is 0 Å². The summed E-state index contributed by atoms with van der Waals surface area (Å²) in [6, 6.07) is 30.8. The van der Waals surface area contributed by atoms with E-state index in [1.807, 2.05) is 20.8 Å². The highest BCUT2D eigenvalue weighted by molar-refractivity contribution is 5.95. The number of aromatic hydroxyl groups is 2. The van der Waals surface area contributed by atoms with E-state index >= 15 is 0 Å². The number of carbonyl (C=O) groups excluding carboxylic acids is 4. The van der Waals surface area contributed by atoms with Crippen LogP contribution < -0.4 is 9.47 Å². The largest absolute Gasteiger partial charge is 0.508 e. The smallest absolute Gasteiger partial charge is 0.343 e. The Morgan fingerprint density at radius 1 is 0.453 bits per heavy atom. The molecule has 2 N–H and O–H groups in total. The summed E-state index contributed by atoms with van der Waals surface area (Å²) in [7, 11) is 0. The van der Waals surface area contributed by atoms with Crippen LogP contribution in [0.25, 0.3) is 0 Å². The molecule has 0 heterocycles. The molecular formula is C43H40O10. The third-order valence-electron chi connectivity index (χ3n) is 9.25. The van der Waals surface area contributed by atoms with Crippen LogP contribution in [0.5, 0.6) is 23.0 Å². The fourth-order valence-corrected chi connectivity index (χ4v) is 5.67. The quantitative estimate of drug-likeness (QED) is 0.0895. The zero-order valence-corrected chi connectivity index (χ0v) is 29.8. The van der Waals surface area contributed by atoms with Crippen LogP contribution in [0, 0.1) is 0 Å². The van der Waals surface area contributed by atoms with Crippen LogP contribution in [0.1, 0.15) is 99.5 Å². The molecule has 0 aliphatic carbocycles. The highest BCUT2D eigenvalue weighted by atomic mass is 16.6. The first-order valence-electron chi connectivity index (χ1n) is 17.2. The Hall–Kier alpha value is -6.42. The second-order valence-electron chi connectivity index (χ2n) is 12.6. The van der Waals surface area contributed by atoms with Crippen molar-refractivity contribution in [3.05, 3.63) is 155 Å². The fourth-order valence-electron chi connectivity index (χ4n) is 5.67. The van der Waals surface area contributed by atoms with E-state index in [-0.39, 0.29) is 45.3 Å². The third kappa shape index (κ3) is 8.91. The van der Waals surface area contributed by atoms with Gasteiger partial charge in [-0.25, -0.2) is 19.2 Å². The van der Waals surface area contributed by atoms with Crippen LogP contribution in [0.4, 0.5) is 0 Å². The molecule has 5 rings (SSSR count). The summed E-state index contributed by atoms with van der Waals surface area (Å²) in [4.78, 5) is 51.8. The molecule has 272 valence electrons. The molecule has 1 atom stereocenters. The predicted molar refractivity (Wildman–Crippen MR) is 196 cm³/mol. The Labute approximate surface area is 307 Å². The second kappa shape index (κ2) is 16.3. The minimum Gasteiger partial charge on any atom is -0.508 e. The number of phenolic OH excluding ortho intramolecular Hbond substituents is 2. The van der Waals surface area contributed by atoms with Gasteiger partial charge in [0, 0.05) is 0 Å². The fraction of sp³-hybridized carbons (Fsp3) is 0.209. The van der Waals surface area contributed by atoms with Gasteiger partial charge in [-0.1, -0.05) is 45.0 Å². The van der Waals surface area contributed by atoms with E-state index in [9.17, 15) is 29.4 Å². The van der Waals surface area contributed by atoms with Crippen molar-refractivity contribution < 1.29 is 48.3 Å². The first kappa shape index (κ1) is 37.8. The molecule has 5 aromatic rings. The van der Waals surface area contributed by atoms with E-state index < -0.39 is 35.1 Å². The lowest BCUT2D eigenvalue weighted by molar-refractivity contribution is -0.0264. The Balaban J connectivity index is 1.18. The molecule has 1 unspecified atom stereocenters. The summed E-state index contributed by atoms with van der Waals surface area (Å²) in [5.74, 6) is -1.68. The van der Waals surface area contributed by atoms with Gasteiger partial charge in [0.05, 0.1) is 22.3 Å². The van der Waals surface area contributed by atoms with E-state index in [4.69, 9.17) is 18.9 Å². The molecule has 0 aliphatic heterocycles. The Kier molecular flexibility index (Phi) is 11.6. The maximum absolute atomic E-state index is 13.1. The Bertz CT molecular complexity index is 2050. The third-order valence-corrected chi connectivity index (χ3v) is 9.25. The van der Waals surface area contributed by atoms with Gasteiger partial charge in [0.2, 0.25) is 0 Å². The van der Waals surface area contributed by atoms with E-state index in [1.54, 1.807) is 55.5 Å². The van der Waals surface area contributed by atoms with Gasteiger partial charge < -0.3 is 29.2 Å². The number of benzene rings is 5. The lowest BCUT2D eigenvalue weighted by Gasteiger charge is -2.32. The molecule has 0 radical (unpaired) electrons. The van der Waals surface area contributed by atoms with Crippen LogP contribution in [0.15, 0.2) is 121 Å². The normalized spacial score (nSPS) is 12.2. The van der Waals surface area contributed by atoms with Crippen molar-refractivity contribution in [3.63, 3.8) is 0 Å². The molecule has 0 aromatic heterocycles. The van der Waals surface area contributed by atoms with Crippen LogP contribution in [0.3, 0.4) is 0 Å². The van der Waals surface area contributed by atoms with Crippen LogP contribution in [0.2, 0.25) is 0 Å². The SMILES string of the molecule is CCC(C)(OC(=O)c1ccc(C(=O)Oc2ccc(O)cc2)cc1)c1ccc(OC(=O)c2ccc(C(=O)OC(CC)(CC)c3ccc(O)cc3)cc2)cc1. The van der Waals surface area contributed by atoms with Crippen molar-refractivity contribution in [3.8, 4) is 23.0 Å². The van der Waals surface area contributed by atoms with Gasteiger partial charge in [-0.05, 0) is 134 Å². The first-order chi connectivity index (χ1) is 25.4. The standard InChI is InChI=1S/C43H40O10/c1-5-42(4,52-40(48)30-12-8-28(9-13-30)39(47)51-37-26-22-35(45)23-27-37)32-18-24-36(25-19-32)50-38(46)29-10-14-31(15-11-29)41(49)53-43(6-2,7-3)33-16-20-34(44)21-17-33/h8-27,44-45H,5-7H2,1-4H3. The number of esters is 4. The van der Waals surface area contributed by atoms with Gasteiger partial charge >= 0.3 is 23.9 Å². The number of carbonyl (C=O) groups is 4. The van der Waals surface area contributed by atoms with Crippen molar-refractivity contribution in [2.45, 2.75) is 58.2 Å². The molecule has 0 bridgehead atoms. The molecule has 10 heteroatoms. The predicted octanol–water partition coefficient (Wildman–Crippen LogP) is 8.89. The number of rotatable bonds is 13. The van der Waals surface area contributed by atoms with Crippen molar-refractivity contribution in [1.29, 1.82) is 0 Å². The first-order valence-corrected chi connectivity index (χ1v) is 17.2. The molecule has 5 aromatic carbocycles. The maximum Gasteiger partial charge on any atom is 0.343 e. The van der Waals surface area contributed by atoms with Gasteiger partial charge in [-0.3, -0.25) is 0 Å². The highest BCUT2D eigenvalue weighted by Crippen LogP contribution is 2.35. The Morgan fingerprint density at radius 3 is 1.19 bits per heavy atom. The van der Waals surface area contributed by atoms with Crippen molar-refractivity contribution in [2.24, 2.45) is 0 Å². The number of phenols is 2. The monoisotopic (exact) mass is 716 g/mol. The molecule has 0 aliphatic rings. The van der Waals surface area contributed by atoms with Gasteiger partial charge in [0.1, 0.15) is 34.2 Å². The lowest BCUT2D eigenvalue weighted by atomic mass is 9.88. The summed E-state index contributed by atoms with van der Waals surface area (Å²) in [6.45, 7) is 7.50. The van der Waals surface area contributed by atoms with Crippen LogP contribution in [-0.2, 0) is 20.7 Å². The van der Waals surface area contributed by atoms with E-state index in [2.05, 4.69) is 0 Å². The lowest BCUT2D eigenvalue weighted by Crippen LogP contribution is -2.31. The molecule has 0 amide bonds. The Morgan fingerprint density at radius 2 is 0.792 bits per heavy atom. The molecule has 0 saturated carbocycles. The molecule has 0 saturated heterocycles. The zero-order valence-electron chi connectivity index (χ0n) is 29.8. The van der Waals surface area contributed by atoms with Crippen LogP contribution >= 0.6 is 0 Å².